The topological polar surface area (TPSA) is 92.3 Å². The van der Waals surface area contributed by atoms with E-state index < -0.39 is 11.9 Å². The van der Waals surface area contributed by atoms with Crippen LogP contribution in [-0.4, -0.2) is 18.5 Å². The monoisotopic (exact) mass is 526 g/mol. The molecule has 1 N–H and O–H groups in total. The van der Waals surface area contributed by atoms with E-state index in [1.807, 2.05) is 6.07 Å². The van der Waals surface area contributed by atoms with Gasteiger partial charge in [0.1, 0.15) is 22.4 Å². The van der Waals surface area contributed by atoms with Crippen LogP contribution in [0.3, 0.4) is 0 Å². The van der Waals surface area contributed by atoms with Gasteiger partial charge in [-0.3, -0.25) is 4.79 Å². The van der Waals surface area contributed by atoms with Crippen LogP contribution >= 0.6 is 43.2 Å². The smallest absolute Gasteiger partial charge is 0.341 e. The van der Waals surface area contributed by atoms with Crippen LogP contribution in [0, 0.1) is 11.3 Å². The Hall–Kier alpha value is -1.89. The lowest BCUT2D eigenvalue weighted by Crippen LogP contribution is -2.16. The Morgan fingerprint density at radius 3 is 2.79 bits per heavy atom. The number of fused-ring (bicyclic) bond motifs is 1. The Bertz CT molecular complexity index is 981. The molecule has 0 fully saturated rings. The zero-order valence-electron chi connectivity index (χ0n) is 14.9. The number of furan rings is 1. The van der Waals surface area contributed by atoms with E-state index in [1.165, 1.54) is 17.4 Å². The zero-order valence-corrected chi connectivity index (χ0v) is 18.9. The number of carbonyl (C=O) groups excluding carboxylic acids is 2. The third-order valence-corrected chi connectivity index (χ3v) is 7.11. The molecule has 0 bridgehead atoms. The van der Waals surface area contributed by atoms with Crippen molar-refractivity contribution in [1.82, 2.24) is 0 Å². The highest BCUT2D eigenvalue weighted by molar-refractivity contribution is 9.13. The summed E-state index contributed by atoms with van der Waals surface area (Å²) in [6, 6.07) is 3.52. The molecule has 0 unspecified atom stereocenters. The molecule has 3 rings (SSSR count). The number of thiophene rings is 1. The SMILES string of the molecule is CCOC(=O)c1c(NC(=O)/C(C#N)=C/c2cc(Br)c(Br)o2)sc2c1CCCC2. The summed E-state index contributed by atoms with van der Waals surface area (Å²) in [7, 11) is 0. The fraction of sp³-hybridized carbons (Fsp3) is 0.316. The molecule has 2 aromatic heterocycles. The minimum absolute atomic E-state index is 0.130. The molecule has 1 aliphatic rings. The number of ether oxygens (including phenoxy) is 1. The second kappa shape index (κ2) is 9.07. The lowest BCUT2D eigenvalue weighted by Gasteiger charge is -2.12. The Morgan fingerprint density at radius 2 is 2.14 bits per heavy atom. The maximum Gasteiger partial charge on any atom is 0.341 e. The van der Waals surface area contributed by atoms with Crippen LogP contribution < -0.4 is 5.32 Å². The quantitative estimate of drug-likeness (QED) is 0.316. The number of esters is 1. The molecule has 6 nitrogen and oxygen atoms in total. The van der Waals surface area contributed by atoms with Crippen molar-refractivity contribution in [1.29, 1.82) is 5.26 Å². The van der Waals surface area contributed by atoms with Gasteiger partial charge in [-0.1, -0.05) is 0 Å². The van der Waals surface area contributed by atoms with Gasteiger partial charge in [-0.15, -0.1) is 11.3 Å². The molecule has 0 saturated carbocycles. The maximum absolute atomic E-state index is 12.7. The summed E-state index contributed by atoms with van der Waals surface area (Å²) in [5, 5.41) is 12.6. The first-order chi connectivity index (χ1) is 13.4. The molecule has 1 amide bonds. The molecule has 0 aromatic carbocycles. The summed E-state index contributed by atoms with van der Waals surface area (Å²) < 4.78 is 11.7. The number of halogens is 2. The predicted octanol–water partition coefficient (Wildman–Crippen LogP) is 5.47. The summed E-state index contributed by atoms with van der Waals surface area (Å²) >= 11 is 7.88. The van der Waals surface area contributed by atoms with Gasteiger partial charge < -0.3 is 14.5 Å². The zero-order chi connectivity index (χ0) is 20.3. The summed E-state index contributed by atoms with van der Waals surface area (Å²) in [6.07, 6.45) is 5.05. The Morgan fingerprint density at radius 1 is 1.39 bits per heavy atom. The molecule has 146 valence electrons. The van der Waals surface area contributed by atoms with Gasteiger partial charge in [0.15, 0.2) is 4.67 Å². The average molecular weight is 528 g/mol. The van der Waals surface area contributed by atoms with Gasteiger partial charge >= 0.3 is 5.97 Å². The normalized spacial score (nSPS) is 13.6. The molecule has 1 aliphatic carbocycles. The molecular formula is C19H16Br2N2O4S. The first kappa shape index (κ1) is 20.8. The number of anilines is 1. The van der Waals surface area contributed by atoms with Crippen molar-refractivity contribution < 1.29 is 18.7 Å². The number of nitrogens with zero attached hydrogens (tertiary/aromatic N) is 1. The lowest BCUT2D eigenvalue weighted by atomic mass is 9.95. The highest BCUT2D eigenvalue weighted by Gasteiger charge is 2.27. The third-order valence-electron chi connectivity index (χ3n) is 4.19. The van der Waals surface area contributed by atoms with Gasteiger partial charge in [0, 0.05) is 11.0 Å². The van der Waals surface area contributed by atoms with Crippen LogP contribution in [0.1, 0.15) is 46.3 Å². The maximum atomic E-state index is 12.7. The molecule has 2 aromatic rings. The van der Waals surface area contributed by atoms with Crippen LogP contribution in [0.25, 0.3) is 6.08 Å². The highest BCUT2D eigenvalue weighted by atomic mass is 79.9. The van der Waals surface area contributed by atoms with Crippen LogP contribution in [0.5, 0.6) is 0 Å². The lowest BCUT2D eigenvalue weighted by molar-refractivity contribution is -0.112. The van der Waals surface area contributed by atoms with Gasteiger partial charge in [0.2, 0.25) is 0 Å². The van der Waals surface area contributed by atoms with Crippen molar-refractivity contribution >= 4 is 66.2 Å². The van der Waals surface area contributed by atoms with E-state index in [1.54, 1.807) is 13.0 Å². The number of carbonyl (C=O) groups is 2. The second-order valence-corrected chi connectivity index (χ2v) is 8.71. The summed E-state index contributed by atoms with van der Waals surface area (Å²) in [4.78, 5) is 26.2. The molecule has 0 radical (unpaired) electrons. The molecular weight excluding hydrogens is 512 g/mol. The van der Waals surface area contributed by atoms with E-state index in [-0.39, 0.29) is 12.2 Å². The molecule has 0 spiro atoms. The van der Waals surface area contributed by atoms with Gasteiger partial charge in [-0.05, 0) is 76.1 Å². The molecule has 0 atom stereocenters. The molecule has 0 aliphatic heterocycles. The van der Waals surface area contributed by atoms with Gasteiger partial charge in [-0.2, -0.15) is 5.26 Å². The standard InChI is InChI=1S/C19H16Br2N2O4S/c1-2-26-19(25)15-12-5-3-4-6-14(12)28-18(15)23-17(24)10(9-22)7-11-8-13(20)16(21)27-11/h7-8H,2-6H2,1H3,(H,23,24)/b10-7+. The van der Waals surface area contributed by atoms with Crippen LogP contribution in [0.2, 0.25) is 0 Å². The van der Waals surface area contributed by atoms with Crippen molar-refractivity contribution in [3.63, 3.8) is 0 Å². The first-order valence-electron chi connectivity index (χ1n) is 8.64. The minimum Gasteiger partial charge on any atom is -0.462 e. The van der Waals surface area contributed by atoms with Crippen molar-refractivity contribution in [2.24, 2.45) is 0 Å². The Labute approximate surface area is 182 Å². The number of aryl methyl sites for hydroxylation is 1. The predicted molar refractivity (Wildman–Crippen MR) is 113 cm³/mol. The van der Waals surface area contributed by atoms with Crippen LogP contribution in [-0.2, 0) is 22.4 Å². The molecule has 28 heavy (non-hydrogen) atoms. The summed E-state index contributed by atoms with van der Waals surface area (Å²) in [5.74, 6) is -0.699. The average Bonchev–Trinajstić information content (AvgIpc) is 3.18. The van der Waals surface area contributed by atoms with E-state index in [4.69, 9.17) is 9.15 Å². The highest BCUT2D eigenvalue weighted by Crippen LogP contribution is 2.39. The largest absolute Gasteiger partial charge is 0.462 e. The minimum atomic E-state index is -0.602. The van der Waals surface area contributed by atoms with Gasteiger partial charge in [-0.25, -0.2) is 4.79 Å². The Kier molecular flexibility index (Phi) is 6.75. The van der Waals surface area contributed by atoms with Crippen LogP contribution in [0.15, 0.2) is 25.2 Å². The number of hydrogen-bond acceptors (Lipinski definition) is 6. The number of rotatable bonds is 5. The van der Waals surface area contributed by atoms with E-state index >= 15 is 0 Å². The second-order valence-electron chi connectivity index (χ2n) is 6.03. The molecule has 9 heteroatoms. The first-order valence-corrected chi connectivity index (χ1v) is 11.0. The van der Waals surface area contributed by atoms with E-state index in [2.05, 4.69) is 37.2 Å². The number of amides is 1. The van der Waals surface area contributed by atoms with Crippen LogP contribution in [0.4, 0.5) is 5.00 Å². The van der Waals surface area contributed by atoms with Gasteiger partial charge in [0.25, 0.3) is 5.91 Å². The van der Waals surface area contributed by atoms with Crippen molar-refractivity contribution in [2.45, 2.75) is 32.6 Å². The fourth-order valence-corrected chi connectivity index (χ4v) is 4.85. The molecule has 0 saturated heterocycles. The van der Waals surface area contributed by atoms with Crippen molar-refractivity contribution in [3.8, 4) is 6.07 Å². The van der Waals surface area contributed by atoms with Gasteiger partial charge in [0.05, 0.1) is 16.6 Å². The number of nitriles is 1. The Balaban J connectivity index is 1.91. The molecule has 2 heterocycles. The van der Waals surface area contributed by atoms with E-state index in [9.17, 15) is 14.9 Å². The fourth-order valence-electron chi connectivity index (χ4n) is 2.97. The van der Waals surface area contributed by atoms with E-state index in [0.717, 1.165) is 36.1 Å². The third kappa shape index (κ3) is 4.40. The summed E-state index contributed by atoms with van der Waals surface area (Å²) in [5.41, 5.74) is 1.23. The number of nitrogens with one attached hydrogen (secondary N) is 1. The van der Waals surface area contributed by atoms with Crippen molar-refractivity contribution in [3.05, 3.63) is 42.5 Å². The van der Waals surface area contributed by atoms with E-state index in [0.29, 0.717) is 25.5 Å². The van der Waals surface area contributed by atoms with Crippen molar-refractivity contribution in [2.75, 3.05) is 11.9 Å². The summed E-state index contributed by atoms with van der Waals surface area (Å²) in [6.45, 7) is 1.99. The number of hydrogen-bond donors (Lipinski definition) is 1.